The van der Waals surface area contributed by atoms with Gasteiger partial charge in [-0.25, -0.2) is 13.2 Å². The molecule has 198 valence electrons. The predicted molar refractivity (Wildman–Crippen MR) is 147 cm³/mol. The van der Waals surface area contributed by atoms with Crippen molar-refractivity contribution in [3.63, 3.8) is 0 Å². The molecule has 0 aromatic heterocycles. The van der Waals surface area contributed by atoms with Crippen molar-refractivity contribution in [3.8, 4) is 0 Å². The highest BCUT2D eigenvalue weighted by Crippen LogP contribution is 2.36. The Balaban J connectivity index is 1.15. The van der Waals surface area contributed by atoms with E-state index < -0.39 is 16.1 Å². The SMILES string of the molecule is O=C(OCC1CCc2ccccc2N1S(=O)(=O)c1ccc(Cl)cc1)N1CC2CC1CN2Cc1ccccc1. The number of aryl methyl sites for hydroxylation is 1. The third kappa shape index (κ3) is 4.77. The van der Waals surface area contributed by atoms with Crippen molar-refractivity contribution in [2.75, 3.05) is 24.0 Å². The van der Waals surface area contributed by atoms with Crippen LogP contribution in [0.3, 0.4) is 0 Å². The van der Waals surface area contributed by atoms with E-state index in [1.54, 1.807) is 12.1 Å². The van der Waals surface area contributed by atoms with E-state index in [9.17, 15) is 13.2 Å². The van der Waals surface area contributed by atoms with Crippen LogP contribution < -0.4 is 4.31 Å². The second-order valence-electron chi connectivity index (χ2n) is 10.3. The van der Waals surface area contributed by atoms with Gasteiger partial charge in [-0.15, -0.1) is 0 Å². The molecule has 2 fully saturated rings. The molecule has 3 aliphatic heterocycles. The van der Waals surface area contributed by atoms with E-state index in [2.05, 4.69) is 17.0 Å². The Morgan fingerprint density at radius 2 is 1.66 bits per heavy atom. The van der Waals surface area contributed by atoms with E-state index >= 15 is 0 Å². The fraction of sp³-hybridized carbons (Fsp3) is 0.345. The van der Waals surface area contributed by atoms with Gasteiger partial charge in [0.25, 0.3) is 10.0 Å². The first-order valence-electron chi connectivity index (χ1n) is 13.0. The van der Waals surface area contributed by atoms with Crippen LogP contribution in [0.1, 0.15) is 24.0 Å². The summed E-state index contributed by atoms with van der Waals surface area (Å²) >= 11 is 6.01. The quantitative estimate of drug-likeness (QED) is 0.434. The first-order chi connectivity index (χ1) is 18.4. The average Bonchev–Trinajstić information content (AvgIpc) is 3.53. The van der Waals surface area contributed by atoms with Gasteiger partial charge in [0.15, 0.2) is 0 Å². The lowest BCUT2D eigenvalue weighted by Gasteiger charge is -2.38. The molecule has 3 aromatic carbocycles. The number of hydrogen-bond acceptors (Lipinski definition) is 5. The molecule has 3 atom stereocenters. The Bertz CT molecular complexity index is 1420. The molecule has 6 rings (SSSR count). The molecular weight excluding hydrogens is 522 g/mol. The predicted octanol–water partition coefficient (Wildman–Crippen LogP) is 4.95. The second kappa shape index (κ2) is 10.2. The van der Waals surface area contributed by atoms with E-state index in [1.807, 2.05) is 47.4 Å². The van der Waals surface area contributed by atoms with Crippen LogP contribution in [0.25, 0.3) is 0 Å². The summed E-state index contributed by atoms with van der Waals surface area (Å²) in [6.07, 6.45) is 1.86. The zero-order chi connectivity index (χ0) is 26.3. The summed E-state index contributed by atoms with van der Waals surface area (Å²) in [6, 6.07) is 24.0. The van der Waals surface area contributed by atoms with Crippen LogP contribution in [0.2, 0.25) is 5.02 Å². The van der Waals surface area contributed by atoms with E-state index in [1.165, 1.54) is 22.0 Å². The van der Waals surface area contributed by atoms with Gasteiger partial charge in [-0.05, 0) is 60.7 Å². The number of hydrogen-bond donors (Lipinski definition) is 0. The molecule has 3 unspecified atom stereocenters. The molecule has 2 saturated heterocycles. The maximum absolute atomic E-state index is 13.8. The van der Waals surface area contributed by atoms with Gasteiger partial charge < -0.3 is 9.64 Å². The number of nitrogens with zero attached hydrogens (tertiary/aromatic N) is 3. The van der Waals surface area contributed by atoms with Gasteiger partial charge in [-0.3, -0.25) is 9.21 Å². The van der Waals surface area contributed by atoms with Gasteiger partial charge >= 0.3 is 6.09 Å². The number of halogens is 1. The first kappa shape index (κ1) is 25.2. The lowest BCUT2D eigenvalue weighted by Crippen LogP contribution is -2.50. The maximum Gasteiger partial charge on any atom is 0.410 e. The van der Waals surface area contributed by atoms with Crippen LogP contribution >= 0.6 is 11.6 Å². The summed E-state index contributed by atoms with van der Waals surface area (Å²) in [5.74, 6) is 0. The Labute approximate surface area is 228 Å². The molecule has 3 aliphatic rings. The van der Waals surface area contributed by atoms with Crippen molar-refractivity contribution in [1.29, 1.82) is 0 Å². The van der Waals surface area contributed by atoms with E-state index in [0.29, 0.717) is 36.1 Å². The molecule has 0 spiro atoms. The highest BCUT2D eigenvalue weighted by atomic mass is 35.5. The molecule has 2 bridgehead atoms. The number of likely N-dealkylation sites (tertiary alicyclic amines) is 2. The molecule has 38 heavy (non-hydrogen) atoms. The molecule has 0 aliphatic carbocycles. The van der Waals surface area contributed by atoms with Crippen molar-refractivity contribution in [3.05, 3.63) is 95.0 Å². The van der Waals surface area contributed by atoms with Gasteiger partial charge in [0.05, 0.1) is 16.6 Å². The lowest BCUT2D eigenvalue weighted by atomic mass is 9.98. The smallest absolute Gasteiger partial charge is 0.410 e. The van der Waals surface area contributed by atoms with Crippen molar-refractivity contribution in [2.45, 2.75) is 48.8 Å². The van der Waals surface area contributed by atoms with Crippen molar-refractivity contribution < 1.29 is 17.9 Å². The molecule has 3 aromatic rings. The number of fused-ring (bicyclic) bond motifs is 3. The van der Waals surface area contributed by atoms with Crippen LogP contribution in [0.4, 0.5) is 10.5 Å². The van der Waals surface area contributed by atoms with Crippen molar-refractivity contribution in [1.82, 2.24) is 9.80 Å². The number of ether oxygens (including phenoxy) is 1. The largest absolute Gasteiger partial charge is 0.447 e. The minimum atomic E-state index is -3.89. The van der Waals surface area contributed by atoms with Gasteiger partial charge in [-0.1, -0.05) is 60.1 Å². The highest BCUT2D eigenvalue weighted by Gasteiger charge is 2.46. The number of piperazine rings is 1. The minimum absolute atomic E-state index is 0.00159. The zero-order valence-electron chi connectivity index (χ0n) is 20.9. The molecule has 9 heteroatoms. The van der Waals surface area contributed by atoms with Crippen molar-refractivity contribution >= 4 is 33.4 Å². The summed E-state index contributed by atoms with van der Waals surface area (Å²) < 4.78 is 34.8. The molecule has 3 heterocycles. The van der Waals surface area contributed by atoms with Gasteiger partial charge in [0, 0.05) is 36.7 Å². The van der Waals surface area contributed by atoms with Gasteiger partial charge in [-0.2, -0.15) is 0 Å². The fourth-order valence-electron chi connectivity index (χ4n) is 6.01. The molecule has 1 amide bonds. The summed E-state index contributed by atoms with van der Waals surface area (Å²) in [4.78, 5) is 17.6. The van der Waals surface area contributed by atoms with Gasteiger partial charge in [0.1, 0.15) is 6.61 Å². The van der Waals surface area contributed by atoms with Crippen LogP contribution in [-0.2, 0) is 27.7 Å². The average molecular weight is 552 g/mol. The zero-order valence-corrected chi connectivity index (χ0v) is 22.5. The number of amides is 1. The summed E-state index contributed by atoms with van der Waals surface area (Å²) in [5, 5.41) is 0.468. The number of sulfonamides is 1. The Kier molecular flexibility index (Phi) is 6.80. The van der Waals surface area contributed by atoms with E-state index in [4.69, 9.17) is 16.3 Å². The summed E-state index contributed by atoms with van der Waals surface area (Å²) in [5.41, 5.74) is 2.86. The van der Waals surface area contributed by atoms with Crippen LogP contribution in [0, 0.1) is 0 Å². The standard InChI is InChI=1S/C29H30ClN3O4S/c30-23-11-14-27(15-12-23)38(35,36)33-24(13-10-22-8-4-5-9-28(22)33)20-37-29(34)32-19-25-16-26(32)18-31(25)17-21-6-2-1-3-7-21/h1-9,11-12,14-15,24-26H,10,13,16-20H2. The summed E-state index contributed by atoms with van der Waals surface area (Å²) in [7, 11) is -3.89. The number of carbonyl (C=O) groups excluding carboxylic acids is 1. The summed E-state index contributed by atoms with van der Waals surface area (Å²) in [6.45, 7) is 2.34. The van der Waals surface area contributed by atoms with Crippen LogP contribution in [-0.4, -0.2) is 62.1 Å². The molecule has 0 N–H and O–H groups in total. The Hall–Kier alpha value is -3.07. The van der Waals surface area contributed by atoms with Crippen LogP contribution in [0.15, 0.2) is 83.8 Å². The third-order valence-corrected chi connectivity index (χ3v) is 10.0. The van der Waals surface area contributed by atoms with E-state index in [0.717, 1.165) is 25.1 Å². The monoisotopic (exact) mass is 551 g/mol. The second-order valence-corrected chi connectivity index (χ2v) is 12.5. The number of rotatable bonds is 6. The number of carbonyl (C=O) groups is 1. The molecule has 0 radical (unpaired) electrons. The number of benzene rings is 3. The highest BCUT2D eigenvalue weighted by molar-refractivity contribution is 7.92. The normalized spacial score (nSPS) is 22.9. The lowest BCUT2D eigenvalue weighted by molar-refractivity contribution is 0.0684. The minimum Gasteiger partial charge on any atom is -0.447 e. The Morgan fingerprint density at radius 1 is 0.921 bits per heavy atom. The third-order valence-electron chi connectivity index (χ3n) is 7.89. The topological polar surface area (TPSA) is 70.2 Å². The van der Waals surface area contributed by atoms with E-state index in [-0.39, 0.29) is 23.6 Å². The first-order valence-corrected chi connectivity index (χ1v) is 14.8. The molecule has 0 saturated carbocycles. The number of anilines is 1. The van der Waals surface area contributed by atoms with Crippen molar-refractivity contribution in [2.24, 2.45) is 0 Å². The molecule has 7 nitrogen and oxygen atoms in total. The Morgan fingerprint density at radius 3 is 2.39 bits per heavy atom. The fourth-order valence-corrected chi connectivity index (χ4v) is 7.83. The number of para-hydroxylation sites is 1. The maximum atomic E-state index is 13.8. The van der Waals surface area contributed by atoms with Crippen LogP contribution in [0.5, 0.6) is 0 Å². The molecular formula is C29H30ClN3O4S. The van der Waals surface area contributed by atoms with Gasteiger partial charge in [0.2, 0.25) is 0 Å².